The Labute approximate surface area is 138 Å². The van der Waals surface area contributed by atoms with E-state index in [0.717, 1.165) is 64.2 Å². The molecule has 0 aromatic carbocycles. The molecule has 2 aliphatic rings. The Morgan fingerprint density at radius 3 is 2.96 bits per heavy atom. The van der Waals surface area contributed by atoms with E-state index in [1.807, 2.05) is 11.0 Å². The number of piperidine rings is 1. The van der Waals surface area contributed by atoms with Crippen molar-refractivity contribution in [1.82, 2.24) is 24.7 Å². The van der Waals surface area contributed by atoms with Crippen LogP contribution in [0.4, 0.5) is 0 Å². The zero-order chi connectivity index (χ0) is 16.1. The fraction of sp³-hybridized carbons (Fsp3) is 0.706. The van der Waals surface area contributed by atoms with Gasteiger partial charge in [0.05, 0.1) is 6.54 Å². The van der Waals surface area contributed by atoms with Gasteiger partial charge in [-0.25, -0.2) is 9.97 Å². The number of nitrogens with zero attached hydrogens (tertiary/aromatic N) is 5. The van der Waals surface area contributed by atoms with Crippen LogP contribution in [0.2, 0.25) is 0 Å². The number of carbonyl (C=O) groups is 1. The van der Waals surface area contributed by atoms with Crippen LogP contribution in [-0.4, -0.2) is 83.4 Å². The van der Waals surface area contributed by atoms with Gasteiger partial charge in [-0.3, -0.25) is 9.69 Å². The molecule has 1 atom stereocenters. The standard InChI is InChI=1S/C17H27N5O/c1-20-7-3-8-21(11-10-20)13-17(23)22-9-2-4-15(12-22)16-5-6-18-14-19-16/h5-6,14-15H,2-4,7-13H2,1H3/t15-/m1/s1. The van der Waals surface area contributed by atoms with E-state index in [9.17, 15) is 4.79 Å². The molecule has 0 saturated carbocycles. The fourth-order valence-corrected chi connectivity index (χ4v) is 3.54. The van der Waals surface area contributed by atoms with Gasteiger partial charge in [0.25, 0.3) is 0 Å². The van der Waals surface area contributed by atoms with E-state index in [1.165, 1.54) is 0 Å². The van der Waals surface area contributed by atoms with Crippen LogP contribution < -0.4 is 0 Å². The summed E-state index contributed by atoms with van der Waals surface area (Å²) in [4.78, 5) is 27.7. The molecule has 2 saturated heterocycles. The molecule has 0 N–H and O–H groups in total. The second kappa shape index (κ2) is 7.84. The van der Waals surface area contributed by atoms with Crippen molar-refractivity contribution in [3.8, 4) is 0 Å². The normalized spacial score (nSPS) is 24.4. The fourth-order valence-electron chi connectivity index (χ4n) is 3.54. The lowest BCUT2D eigenvalue weighted by atomic mass is 9.94. The maximum atomic E-state index is 12.7. The molecule has 3 heterocycles. The van der Waals surface area contributed by atoms with Gasteiger partial charge in [0.1, 0.15) is 6.33 Å². The van der Waals surface area contributed by atoms with Crippen LogP contribution in [0.5, 0.6) is 0 Å². The maximum Gasteiger partial charge on any atom is 0.236 e. The Bertz CT molecular complexity index is 509. The van der Waals surface area contributed by atoms with Gasteiger partial charge in [0.2, 0.25) is 5.91 Å². The average molecular weight is 317 g/mol. The first kappa shape index (κ1) is 16.3. The van der Waals surface area contributed by atoms with Gasteiger partial charge < -0.3 is 9.80 Å². The second-order valence-electron chi connectivity index (χ2n) is 6.75. The van der Waals surface area contributed by atoms with Crippen molar-refractivity contribution < 1.29 is 4.79 Å². The summed E-state index contributed by atoms with van der Waals surface area (Å²) < 4.78 is 0. The van der Waals surface area contributed by atoms with E-state index in [4.69, 9.17) is 0 Å². The number of likely N-dealkylation sites (N-methyl/N-ethyl adjacent to an activating group) is 1. The Hall–Kier alpha value is -1.53. The molecule has 2 fully saturated rings. The van der Waals surface area contributed by atoms with E-state index in [0.29, 0.717) is 12.5 Å². The van der Waals surface area contributed by atoms with E-state index in [-0.39, 0.29) is 5.91 Å². The van der Waals surface area contributed by atoms with Crippen LogP contribution >= 0.6 is 0 Å². The predicted octanol–water partition coefficient (Wildman–Crippen LogP) is 0.820. The molecule has 6 heteroatoms. The first-order valence-corrected chi connectivity index (χ1v) is 8.67. The summed E-state index contributed by atoms with van der Waals surface area (Å²) in [5, 5.41) is 0. The summed E-state index contributed by atoms with van der Waals surface area (Å²) in [6, 6.07) is 1.98. The van der Waals surface area contributed by atoms with Crippen molar-refractivity contribution in [3.63, 3.8) is 0 Å². The van der Waals surface area contributed by atoms with Gasteiger partial charge in [0, 0.05) is 44.0 Å². The summed E-state index contributed by atoms with van der Waals surface area (Å²) >= 11 is 0. The summed E-state index contributed by atoms with van der Waals surface area (Å²) in [5.74, 6) is 0.624. The minimum absolute atomic E-state index is 0.272. The topological polar surface area (TPSA) is 52.6 Å². The van der Waals surface area contributed by atoms with Gasteiger partial charge >= 0.3 is 0 Å². The average Bonchev–Trinajstić information content (AvgIpc) is 2.80. The summed E-state index contributed by atoms with van der Waals surface area (Å²) in [6.45, 7) is 6.44. The lowest BCUT2D eigenvalue weighted by Gasteiger charge is -2.34. The van der Waals surface area contributed by atoms with E-state index < -0.39 is 0 Å². The van der Waals surface area contributed by atoms with Crippen molar-refractivity contribution in [1.29, 1.82) is 0 Å². The molecule has 126 valence electrons. The monoisotopic (exact) mass is 317 g/mol. The third-order valence-corrected chi connectivity index (χ3v) is 4.97. The van der Waals surface area contributed by atoms with Crippen LogP contribution in [0, 0.1) is 0 Å². The maximum absolute atomic E-state index is 12.7. The second-order valence-corrected chi connectivity index (χ2v) is 6.75. The zero-order valence-electron chi connectivity index (χ0n) is 14.0. The van der Waals surface area contributed by atoms with Crippen molar-refractivity contribution >= 4 is 5.91 Å². The molecular weight excluding hydrogens is 290 g/mol. The Morgan fingerprint density at radius 2 is 2.13 bits per heavy atom. The Kier molecular flexibility index (Phi) is 5.56. The predicted molar refractivity (Wildman–Crippen MR) is 89.1 cm³/mol. The van der Waals surface area contributed by atoms with E-state index in [2.05, 4.69) is 26.8 Å². The molecule has 0 bridgehead atoms. The van der Waals surface area contributed by atoms with Crippen LogP contribution in [0.3, 0.4) is 0 Å². The van der Waals surface area contributed by atoms with Crippen molar-refractivity contribution in [2.45, 2.75) is 25.2 Å². The lowest BCUT2D eigenvalue weighted by molar-refractivity contribution is -0.133. The number of hydrogen-bond acceptors (Lipinski definition) is 5. The zero-order valence-corrected chi connectivity index (χ0v) is 14.0. The molecule has 6 nitrogen and oxygen atoms in total. The van der Waals surface area contributed by atoms with Crippen molar-refractivity contribution in [2.24, 2.45) is 0 Å². The summed E-state index contributed by atoms with van der Waals surface area (Å²) in [7, 11) is 2.16. The minimum Gasteiger partial charge on any atom is -0.341 e. The minimum atomic E-state index is 0.272. The molecule has 1 aromatic heterocycles. The van der Waals surface area contributed by atoms with Crippen molar-refractivity contribution in [2.75, 3.05) is 52.9 Å². The SMILES string of the molecule is CN1CCCN(CC(=O)N2CCC[C@@H](c3ccncn3)C2)CC1. The molecular formula is C17H27N5O. The first-order valence-electron chi connectivity index (χ1n) is 8.67. The Morgan fingerprint density at radius 1 is 1.22 bits per heavy atom. The number of likely N-dealkylation sites (tertiary alicyclic amines) is 1. The van der Waals surface area contributed by atoms with E-state index in [1.54, 1.807) is 12.5 Å². The molecule has 0 spiro atoms. The third-order valence-electron chi connectivity index (χ3n) is 4.97. The van der Waals surface area contributed by atoms with Gasteiger partial charge in [-0.05, 0) is 45.5 Å². The molecule has 2 aliphatic heterocycles. The largest absolute Gasteiger partial charge is 0.341 e. The number of amides is 1. The summed E-state index contributed by atoms with van der Waals surface area (Å²) in [5.41, 5.74) is 1.06. The summed E-state index contributed by atoms with van der Waals surface area (Å²) in [6.07, 6.45) is 6.70. The molecule has 3 rings (SSSR count). The number of hydrogen-bond donors (Lipinski definition) is 0. The van der Waals surface area contributed by atoms with Crippen LogP contribution in [0.25, 0.3) is 0 Å². The third kappa shape index (κ3) is 4.48. The van der Waals surface area contributed by atoms with E-state index >= 15 is 0 Å². The highest BCUT2D eigenvalue weighted by atomic mass is 16.2. The first-order chi connectivity index (χ1) is 11.2. The lowest BCUT2D eigenvalue weighted by Crippen LogP contribution is -2.45. The smallest absolute Gasteiger partial charge is 0.236 e. The molecule has 0 radical (unpaired) electrons. The highest BCUT2D eigenvalue weighted by Gasteiger charge is 2.26. The van der Waals surface area contributed by atoms with Crippen molar-refractivity contribution in [3.05, 3.63) is 24.3 Å². The molecule has 0 unspecified atom stereocenters. The molecule has 23 heavy (non-hydrogen) atoms. The quantitative estimate of drug-likeness (QED) is 0.826. The highest BCUT2D eigenvalue weighted by molar-refractivity contribution is 5.78. The number of carbonyl (C=O) groups excluding carboxylic acids is 1. The number of aromatic nitrogens is 2. The molecule has 1 amide bonds. The number of rotatable bonds is 3. The van der Waals surface area contributed by atoms with Crippen LogP contribution in [0.1, 0.15) is 30.9 Å². The molecule has 1 aromatic rings. The van der Waals surface area contributed by atoms with Crippen LogP contribution in [-0.2, 0) is 4.79 Å². The van der Waals surface area contributed by atoms with Gasteiger partial charge in [0.15, 0.2) is 0 Å². The van der Waals surface area contributed by atoms with Gasteiger partial charge in [-0.2, -0.15) is 0 Å². The van der Waals surface area contributed by atoms with Gasteiger partial charge in [-0.15, -0.1) is 0 Å². The molecule has 0 aliphatic carbocycles. The van der Waals surface area contributed by atoms with Gasteiger partial charge in [-0.1, -0.05) is 0 Å². The Balaban J connectivity index is 1.54. The van der Waals surface area contributed by atoms with Crippen LogP contribution in [0.15, 0.2) is 18.6 Å². The highest BCUT2D eigenvalue weighted by Crippen LogP contribution is 2.25.